The fourth-order valence-electron chi connectivity index (χ4n) is 2.12. The molecule has 18 heavy (non-hydrogen) atoms. The minimum Gasteiger partial charge on any atom is -0.334 e. The molecule has 0 fully saturated rings. The Bertz CT molecular complexity index is 685. The summed E-state index contributed by atoms with van der Waals surface area (Å²) in [6.07, 6.45) is 4.75. The third-order valence-corrected chi connectivity index (χ3v) is 3.74. The van der Waals surface area contributed by atoms with Gasteiger partial charge in [-0.2, -0.15) is 0 Å². The van der Waals surface area contributed by atoms with Crippen molar-refractivity contribution in [1.29, 1.82) is 0 Å². The van der Waals surface area contributed by atoms with E-state index >= 15 is 0 Å². The third kappa shape index (κ3) is 2.14. The number of halogens is 1. The summed E-state index contributed by atoms with van der Waals surface area (Å²) >= 11 is 3.23. The van der Waals surface area contributed by atoms with Gasteiger partial charge in [-0.3, -0.25) is 4.79 Å². The summed E-state index contributed by atoms with van der Waals surface area (Å²) in [4.78, 5) is 16.4. The van der Waals surface area contributed by atoms with Crippen LogP contribution in [0.15, 0.2) is 31.6 Å². The van der Waals surface area contributed by atoms with Crippen molar-refractivity contribution in [2.75, 3.05) is 5.84 Å². The topological polar surface area (TPSA) is 60.4 Å². The Balaban J connectivity index is 2.84. The fourth-order valence-corrected chi connectivity index (χ4v) is 2.55. The maximum Gasteiger partial charge on any atom is 0.284 e. The molecule has 2 rings (SSSR count). The van der Waals surface area contributed by atoms with E-state index in [1.54, 1.807) is 6.07 Å². The molecule has 0 atom stereocenters. The molecule has 4 nitrogen and oxygen atoms in total. The molecular formula is C13H16BrN3O. The second-order valence-corrected chi connectivity index (χ2v) is 5.08. The number of hydrogen-bond donors (Lipinski definition) is 1. The molecule has 1 aromatic heterocycles. The van der Waals surface area contributed by atoms with Crippen LogP contribution in [0.4, 0.5) is 0 Å². The zero-order valence-corrected chi connectivity index (χ0v) is 12.1. The highest BCUT2D eigenvalue weighted by Crippen LogP contribution is 2.18. The van der Waals surface area contributed by atoms with Crippen molar-refractivity contribution in [2.45, 2.75) is 33.1 Å². The summed E-state index contributed by atoms with van der Waals surface area (Å²) in [6.45, 7) is 4.19. The summed E-state index contributed by atoms with van der Waals surface area (Å²) in [5.41, 5.74) is 2.62. The second-order valence-electron chi connectivity index (χ2n) is 4.22. The highest BCUT2D eigenvalue weighted by atomic mass is 79.9. The number of hydrogen-bond acceptors (Lipinski definition) is 3. The molecule has 1 aromatic rings. The lowest BCUT2D eigenvalue weighted by molar-refractivity contribution is 0.823. The van der Waals surface area contributed by atoms with E-state index in [0.717, 1.165) is 34.9 Å². The van der Waals surface area contributed by atoms with Gasteiger partial charge in [-0.1, -0.05) is 19.9 Å². The maximum absolute atomic E-state index is 11.8. The first-order valence-corrected chi connectivity index (χ1v) is 6.84. The van der Waals surface area contributed by atoms with E-state index in [1.807, 2.05) is 0 Å². The van der Waals surface area contributed by atoms with Crippen molar-refractivity contribution in [3.05, 3.63) is 42.9 Å². The predicted octanol–water partition coefficient (Wildman–Crippen LogP) is 1.20. The number of nitrogen functional groups attached to an aromatic ring is 1. The zero-order valence-electron chi connectivity index (χ0n) is 10.5. The van der Waals surface area contributed by atoms with Crippen LogP contribution < -0.4 is 22.1 Å². The van der Waals surface area contributed by atoms with E-state index in [1.165, 1.54) is 5.57 Å². The standard InChI is InChI=1S/C13H16BrN3O/c1-3-8-5-6-9-7-10(14)13(18)17(15)12(9)16-11(8)4-2/h6-7H,3-5,15H2,1-2H3. The Hall–Kier alpha value is -1.36. The van der Waals surface area contributed by atoms with Crippen molar-refractivity contribution in [2.24, 2.45) is 4.99 Å². The SMILES string of the molecule is CCC1=C(CC)N=c2c(cc(Br)c(=O)n2N)=CC1. The van der Waals surface area contributed by atoms with Crippen molar-refractivity contribution >= 4 is 22.0 Å². The average molecular weight is 310 g/mol. The number of pyridine rings is 1. The molecule has 2 N–H and O–H groups in total. The summed E-state index contributed by atoms with van der Waals surface area (Å²) in [5.74, 6) is 5.82. The quantitative estimate of drug-likeness (QED) is 0.835. The van der Waals surface area contributed by atoms with Gasteiger partial charge in [0.2, 0.25) is 0 Å². The third-order valence-electron chi connectivity index (χ3n) is 3.17. The van der Waals surface area contributed by atoms with E-state index in [9.17, 15) is 4.79 Å². The molecule has 0 spiro atoms. The number of nitrogens with zero attached hydrogens (tertiary/aromatic N) is 2. The van der Waals surface area contributed by atoms with Gasteiger partial charge in [0.15, 0.2) is 5.49 Å². The number of rotatable bonds is 2. The number of aromatic nitrogens is 1. The lowest BCUT2D eigenvalue weighted by Gasteiger charge is -2.04. The Morgan fingerprint density at radius 1 is 1.44 bits per heavy atom. The first kappa shape index (κ1) is 13.1. The van der Waals surface area contributed by atoms with Gasteiger partial charge in [-0.15, -0.1) is 0 Å². The Kier molecular flexibility index (Phi) is 3.71. The van der Waals surface area contributed by atoms with Crippen LogP contribution in [-0.4, -0.2) is 4.68 Å². The monoisotopic (exact) mass is 309 g/mol. The molecule has 0 saturated heterocycles. The second kappa shape index (κ2) is 5.10. The minimum atomic E-state index is -0.263. The van der Waals surface area contributed by atoms with Gasteiger partial charge in [0.25, 0.3) is 5.56 Å². The lowest BCUT2D eigenvalue weighted by atomic mass is 10.1. The predicted molar refractivity (Wildman–Crippen MR) is 76.0 cm³/mol. The van der Waals surface area contributed by atoms with E-state index in [0.29, 0.717) is 9.96 Å². The Morgan fingerprint density at radius 3 is 2.78 bits per heavy atom. The number of allylic oxidation sites excluding steroid dienone is 2. The molecule has 0 saturated carbocycles. The van der Waals surface area contributed by atoms with Gasteiger partial charge < -0.3 is 5.84 Å². The summed E-state index contributed by atoms with van der Waals surface area (Å²) < 4.78 is 1.58. The van der Waals surface area contributed by atoms with Crippen LogP contribution in [0, 0.1) is 0 Å². The van der Waals surface area contributed by atoms with Gasteiger partial charge in [0.1, 0.15) is 0 Å². The maximum atomic E-state index is 11.8. The lowest BCUT2D eigenvalue weighted by Crippen LogP contribution is -2.47. The molecule has 1 aliphatic rings. The smallest absolute Gasteiger partial charge is 0.284 e. The first-order chi connectivity index (χ1) is 8.58. The number of fused-ring (bicyclic) bond motifs is 1. The van der Waals surface area contributed by atoms with E-state index in [2.05, 4.69) is 40.8 Å². The molecule has 0 amide bonds. The molecule has 2 heterocycles. The molecular weight excluding hydrogens is 294 g/mol. The summed E-state index contributed by atoms with van der Waals surface area (Å²) in [7, 11) is 0. The Labute approximate surface area is 114 Å². The van der Waals surface area contributed by atoms with E-state index < -0.39 is 0 Å². The average Bonchev–Trinajstić information content (AvgIpc) is 2.55. The molecule has 5 heteroatoms. The van der Waals surface area contributed by atoms with Crippen LogP contribution in [0.3, 0.4) is 0 Å². The van der Waals surface area contributed by atoms with Crippen molar-refractivity contribution in [3.8, 4) is 0 Å². The van der Waals surface area contributed by atoms with Crippen LogP contribution in [0.1, 0.15) is 33.1 Å². The highest BCUT2D eigenvalue weighted by molar-refractivity contribution is 9.10. The van der Waals surface area contributed by atoms with Crippen LogP contribution in [0.25, 0.3) is 6.08 Å². The minimum absolute atomic E-state index is 0.263. The Morgan fingerprint density at radius 2 is 2.17 bits per heavy atom. The van der Waals surface area contributed by atoms with Crippen LogP contribution in [0.5, 0.6) is 0 Å². The molecule has 0 unspecified atom stereocenters. The summed E-state index contributed by atoms with van der Waals surface area (Å²) in [6, 6.07) is 1.79. The normalized spacial score (nSPS) is 14.6. The molecule has 1 aliphatic heterocycles. The van der Waals surface area contributed by atoms with Gasteiger partial charge in [0.05, 0.1) is 4.47 Å². The van der Waals surface area contributed by atoms with Gasteiger partial charge in [0, 0.05) is 10.9 Å². The van der Waals surface area contributed by atoms with E-state index in [-0.39, 0.29) is 5.56 Å². The van der Waals surface area contributed by atoms with E-state index in [4.69, 9.17) is 5.84 Å². The van der Waals surface area contributed by atoms with Crippen molar-refractivity contribution in [3.63, 3.8) is 0 Å². The largest absolute Gasteiger partial charge is 0.334 e. The zero-order chi connectivity index (χ0) is 13.3. The van der Waals surface area contributed by atoms with Crippen LogP contribution in [0.2, 0.25) is 0 Å². The fraction of sp³-hybridized carbons (Fsp3) is 0.385. The molecule has 0 aliphatic carbocycles. The van der Waals surface area contributed by atoms with Crippen LogP contribution >= 0.6 is 15.9 Å². The number of nitrogens with two attached hydrogens (primary N) is 1. The van der Waals surface area contributed by atoms with Gasteiger partial charge in [-0.05, 0) is 46.8 Å². The van der Waals surface area contributed by atoms with Gasteiger partial charge >= 0.3 is 0 Å². The molecule has 0 aromatic carbocycles. The van der Waals surface area contributed by atoms with Gasteiger partial charge in [-0.25, -0.2) is 9.67 Å². The summed E-state index contributed by atoms with van der Waals surface area (Å²) in [5, 5.41) is 0.901. The van der Waals surface area contributed by atoms with Crippen molar-refractivity contribution < 1.29 is 0 Å². The van der Waals surface area contributed by atoms with Crippen LogP contribution in [-0.2, 0) is 0 Å². The van der Waals surface area contributed by atoms with Crippen molar-refractivity contribution in [1.82, 2.24) is 4.68 Å². The molecule has 0 bridgehead atoms. The first-order valence-electron chi connectivity index (χ1n) is 6.04. The molecule has 96 valence electrons. The highest BCUT2D eigenvalue weighted by Gasteiger charge is 2.09. The molecule has 0 radical (unpaired) electrons.